The van der Waals surface area contributed by atoms with Gasteiger partial charge in [0.05, 0.1) is 12.1 Å². The highest BCUT2D eigenvalue weighted by molar-refractivity contribution is 5.77. The third-order valence-corrected chi connectivity index (χ3v) is 5.99. The Hall–Kier alpha value is -4.53. The summed E-state index contributed by atoms with van der Waals surface area (Å²) in [6.07, 6.45) is 5.77. The number of fused-ring (bicyclic) bond motifs is 1. The summed E-state index contributed by atoms with van der Waals surface area (Å²) < 4.78 is 1.44. The van der Waals surface area contributed by atoms with Crippen molar-refractivity contribution in [2.75, 3.05) is 11.1 Å². The van der Waals surface area contributed by atoms with Crippen LogP contribution in [0.4, 0.5) is 17.3 Å². The van der Waals surface area contributed by atoms with Gasteiger partial charge in [0.25, 0.3) is 0 Å². The van der Waals surface area contributed by atoms with Gasteiger partial charge in [0.2, 0.25) is 5.91 Å². The maximum atomic E-state index is 12.3. The van der Waals surface area contributed by atoms with Gasteiger partial charge in [-0.05, 0) is 61.6 Å². The number of carbonyl (C=O) groups excluding carboxylic acids is 1. The second-order valence-corrected chi connectivity index (χ2v) is 8.55. The molecule has 9 nitrogen and oxygen atoms in total. The molecule has 1 amide bonds. The van der Waals surface area contributed by atoms with E-state index in [4.69, 9.17) is 21.4 Å². The zero-order valence-corrected chi connectivity index (χ0v) is 19.1. The Kier molecular flexibility index (Phi) is 5.97. The lowest BCUT2D eigenvalue weighted by molar-refractivity contribution is -0.117. The minimum atomic E-state index is -0.448. The maximum Gasteiger partial charge on any atom is 0.354 e. The van der Waals surface area contributed by atoms with Crippen molar-refractivity contribution < 1.29 is 4.79 Å². The standard InChI is InChI=1S/C26H25N7O2/c27-22-12-13-33(26(35)31-22)19-5-3-4-17(15-19)24-30-21-7-2-1-6-20(21)25(32-24)29-18-10-8-16(9-11-18)14-23(28)34/h3-5,8-13,15H,1-2,6-7,14H2,(H2,28,34)(H2,27,31,35)(H,29,30,32). The minimum absolute atomic E-state index is 0.179. The van der Waals surface area contributed by atoms with E-state index in [0.717, 1.165) is 59.6 Å². The Morgan fingerprint density at radius 1 is 1.00 bits per heavy atom. The van der Waals surface area contributed by atoms with E-state index in [1.165, 1.54) is 4.57 Å². The van der Waals surface area contributed by atoms with Gasteiger partial charge in [-0.2, -0.15) is 4.98 Å². The number of nitrogens with one attached hydrogen (secondary N) is 1. The minimum Gasteiger partial charge on any atom is -0.383 e. The summed E-state index contributed by atoms with van der Waals surface area (Å²) in [6.45, 7) is 0. The second kappa shape index (κ2) is 9.38. The van der Waals surface area contributed by atoms with Crippen LogP contribution in [0.1, 0.15) is 29.7 Å². The first-order valence-corrected chi connectivity index (χ1v) is 11.5. The van der Waals surface area contributed by atoms with Crippen LogP contribution in [0.2, 0.25) is 0 Å². The fourth-order valence-electron chi connectivity index (χ4n) is 4.28. The van der Waals surface area contributed by atoms with Gasteiger partial charge in [0.15, 0.2) is 5.82 Å². The molecule has 0 saturated heterocycles. The molecule has 2 aromatic heterocycles. The molecule has 0 aliphatic heterocycles. The number of hydrogen-bond acceptors (Lipinski definition) is 7. The number of primary amides is 1. The molecule has 0 saturated carbocycles. The summed E-state index contributed by atoms with van der Waals surface area (Å²) in [4.78, 5) is 37.1. The lowest BCUT2D eigenvalue weighted by Gasteiger charge is -2.20. The molecule has 0 fully saturated rings. The highest BCUT2D eigenvalue weighted by atomic mass is 16.1. The molecule has 35 heavy (non-hydrogen) atoms. The summed E-state index contributed by atoms with van der Waals surface area (Å²) >= 11 is 0. The highest BCUT2D eigenvalue weighted by Crippen LogP contribution is 2.31. The van der Waals surface area contributed by atoms with Gasteiger partial charge in [0.1, 0.15) is 11.6 Å². The first kappa shape index (κ1) is 22.3. The van der Waals surface area contributed by atoms with Gasteiger partial charge in [-0.3, -0.25) is 9.36 Å². The van der Waals surface area contributed by atoms with Crippen LogP contribution in [0.15, 0.2) is 65.6 Å². The van der Waals surface area contributed by atoms with Crippen molar-refractivity contribution >= 4 is 23.2 Å². The van der Waals surface area contributed by atoms with Crippen molar-refractivity contribution in [1.82, 2.24) is 19.5 Å². The molecule has 1 aliphatic rings. The average molecular weight is 468 g/mol. The van der Waals surface area contributed by atoms with Gasteiger partial charge < -0.3 is 16.8 Å². The van der Waals surface area contributed by atoms with Crippen molar-refractivity contribution in [2.24, 2.45) is 5.73 Å². The van der Waals surface area contributed by atoms with Gasteiger partial charge in [0, 0.05) is 28.7 Å². The Morgan fingerprint density at radius 3 is 2.57 bits per heavy atom. The van der Waals surface area contributed by atoms with Crippen LogP contribution in [0.5, 0.6) is 0 Å². The molecule has 0 unspecified atom stereocenters. The van der Waals surface area contributed by atoms with Crippen LogP contribution in [0.3, 0.4) is 0 Å². The van der Waals surface area contributed by atoms with E-state index < -0.39 is 5.69 Å². The molecule has 4 aromatic rings. The molecule has 1 aliphatic carbocycles. The zero-order valence-electron chi connectivity index (χ0n) is 19.1. The molecule has 0 bridgehead atoms. The molecule has 0 radical (unpaired) electrons. The highest BCUT2D eigenvalue weighted by Gasteiger charge is 2.19. The number of nitrogens with zero attached hydrogens (tertiary/aromatic N) is 4. The van der Waals surface area contributed by atoms with Crippen LogP contribution in [0, 0.1) is 0 Å². The first-order chi connectivity index (χ1) is 17.0. The predicted octanol–water partition coefficient (Wildman–Crippen LogP) is 2.92. The first-order valence-electron chi connectivity index (χ1n) is 11.5. The average Bonchev–Trinajstić information content (AvgIpc) is 2.85. The lowest BCUT2D eigenvalue weighted by atomic mass is 9.96. The molecule has 0 atom stereocenters. The number of rotatable bonds is 6. The van der Waals surface area contributed by atoms with Crippen LogP contribution in [0.25, 0.3) is 17.1 Å². The number of hydrogen-bond donors (Lipinski definition) is 3. The summed E-state index contributed by atoms with van der Waals surface area (Å²) in [5, 5.41) is 3.44. The van der Waals surface area contributed by atoms with Crippen LogP contribution in [-0.4, -0.2) is 25.4 Å². The molecule has 176 valence electrons. The van der Waals surface area contributed by atoms with E-state index in [9.17, 15) is 9.59 Å². The zero-order chi connectivity index (χ0) is 24.4. The molecule has 2 aromatic carbocycles. The molecule has 0 spiro atoms. The molecule has 2 heterocycles. The molecular formula is C26H25N7O2. The third kappa shape index (κ3) is 4.89. The van der Waals surface area contributed by atoms with Crippen LogP contribution in [-0.2, 0) is 24.1 Å². The monoisotopic (exact) mass is 467 g/mol. The van der Waals surface area contributed by atoms with E-state index in [0.29, 0.717) is 11.5 Å². The van der Waals surface area contributed by atoms with E-state index in [-0.39, 0.29) is 18.1 Å². The third-order valence-electron chi connectivity index (χ3n) is 5.99. The summed E-state index contributed by atoms with van der Waals surface area (Å²) in [7, 11) is 0. The van der Waals surface area contributed by atoms with E-state index >= 15 is 0 Å². The number of nitrogen functional groups attached to an aromatic ring is 1. The van der Waals surface area contributed by atoms with Crippen LogP contribution >= 0.6 is 0 Å². The molecular weight excluding hydrogens is 442 g/mol. The van der Waals surface area contributed by atoms with Crippen molar-refractivity contribution in [2.45, 2.75) is 32.1 Å². The number of benzene rings is 2. The summed E-state index contributed by atoms with van der Waals surface area (Å²) in [5.74, 6) is 1.17. The SMILES string of the molecule is NC(=O)Cc1ccc(Nc2nc(-c3cccc(-n4ccc(N)nc4=O)c3)nc3c2CCCC3)cc1. The predicted molar refractivity (Wildman–Crippen MR) is 135 cm³/mol. The lowest BCUT2D eigenvalue weighted by Crippen LogP contribution is -2.21. The molecule has 5 N–H and O–H groups in total. The van der Waals surface area contributed by atoms with Crippen molar-refractivity contribution in [1.29, 1.82) is 0 Å². The van der Waals surface area contributed by atoms with Crippen molar-refractivity contribution in [3.63, 3.8) is 0 Å². The normalized spacial score (nSPS) is 12.7. The van der Waals surface area contributed by atoms with Gasteiger partial charge in [-0.1, -0.05) is 24.3 Å². The number of aryl methyl sites for hydroxylation is 1. The Balaban J connectivity index is 1.52. The Morgan fingerprint density at radius 2 is 1.80 bits per heavy atom. The van der Waals surface area contributed by atoms with Crippen molar-refractivity contribution in [3.05, 3.63) is 88.1 Å². The maximum absolute atomic E-state index is 12.3. The number of aromatic nitrogens is 4. The number of anilines is 3. The van der Waals surface area contributed by atoms with Crippen LogP contribution < -0.4 is 22.5 Å². The number of carbonyl (C=O) groups is 1. The van der Waals surface area contributed by atoms with E-state index in [1.807, 2.05) is 48.5 Å². The largest absolute Gasteiger partial charge is 0.383 e. The second-order valence-electron chi connectivity index (χ2n) is 8.55. The smallest absolute Gasteiger partial charge is 0.354 e. The Labute approximate surface area is 201 Å². The molecule has 9 heteroatoms. The fraction of sp³-hybridized carbons (Fsp3) is 0.192. The molecule has 5 rings (SSSR count). The summed E-state index contributed by atoms with van der Waals surface area (Å²) in [5.41, 5.74) is 15.8. The van der Waals surface area contributed by atoms with Gasteiger partial charge in [-0.25, -0.2) is 14.8 Å². The topological polar surface area (TPSA) is 142 Å². The van der Waals surface area contributed by atoms with E-state index in [2.05, 4.69) is 10.3 Å². The van der Waals surface area contributed by atoms with Crippen molar-refractivity contribution in [3.8, 4) is 17.1 Å². The van der Waals surface area contributed by atoms with E-state index in [1.54, 1.807) is 12.3 Å². The fourth-order valence-corrected chi connectivity index (χ4v) is 4.28. The number of nitrogens with two attached hydrogens (primary N) is 2. The quantitative estimate of drug-likeness (QED) is 0.396. The number of amides is 1. The summed E-state index contributed by atoms with van der Waals surface area (Å²) in [6, 6.07) is 16.6. The van der Waals surface area contributed by atoms with Gasteiger partial charge >= 0.3 is 5.69 Å². The Bertz CT molecular complexity index is 1460. The van der Waals surface area contributed by atoms with Gasteiger partial charge in [-0.15, -0.1) is 0 Å².